The van der Waals surface area contributed by atoms with Gasteiger partial charge in [0.05, 0.1) is 29.9 Å². The molecular formula is C23H18N6O2. The van der Waals surface area contributed by atoms with Gasteiger partial charge in [-0.25, -0.2) is 14.8 Å². The van der Waals surface area contributed by atoms with Crippen molar-refractivity contribution < 1.29 is 9.53 Å². The van der Waals surface area contributed by atoms with Crippen LogP contribution in [0, 0.1) is 11.3 Å². The van der Waals surface area contributed by atoms with Gasteiger partial charge in [-0.2, -0.15) is 5.26 Å². The van der Waals surface area contributed by atoms with Crippen molar-refractivity contribution in [1.29, 1.82) is 5.26 Å². The van der Waals surface area contributed by atoms with Gasteiger partial charge in [-0.05, 0) is 36.4 Å². The fraction of sp³-hybridized carbons (Fsp3) is 0.0435. The molecule has 0 spiro atoms. The lowest BCUT2D eigenvalue weighted by atomic mass is 10.1. The molecule has 3 N–H and O–H groups in total. The second-order valence-electron chi connectivity index (χ2n) is 6.55. The molecule has 1 aromatic heterocycles. The second kappa shape index (κ2) is 8.80. The monoisotopic (exact) mass is 410 g/mol. The Kier molecular flexibility index (Phi) is 5.58. The van der Waals surface area contributed by atoms with E-state index in [4.69, 9.17) is 10.00 Å². The smallest absolute Gasteiger partial charge is 0.323 e. The summed E-state index contributed by atoms with van der Waals surface area (Å²) in [6.07, 6.45) is 1.44. The summed E-state index contributed by atoms with van der Waals surface area (Å²) in [7, 11) is 1.52. The molecule has 0 aliphatic heterocycles. The predicted molar refractivity (Wildman–Crippen MR) is 120 cm³/mol. The number of carbonyl (C=O) groups excluding carboxylic acids is 1. The Hall–Kier alpha value is -4.64. The predicted octanol–water partition coefficient (Wildman–Crippen LogP) is 4.90. The lowest BCUT2D eigenvalue weighted by molar-refractivity contribution is 0.262. The summed E-state index contributed by atoms with van der Waals surface area (Å²) >= 11 is 0. The summed E-state index contributed by atoms with van der Waals surface area (Å²) in [5, 5.41) is 18.6. The Labute approximate surface area is 178 Å². The summed E-state index contributed by atoms with van der Waals surface area (Å²) in [6.45, 7) is 0. The number of hydrogen-bond acceptors (Lipinski definition) is 6. The van der Waals surface area contributed by atoms with Crippen molar-refractivity contribution in [3.8, 4) is 11.8 Å². The van der Waals surface area contributed by atoms with Crippen LogP contribution >= 0.6 is 0 Å². The maximum atomic E-state index is 12.5. The van der Waals surface area contributed by atoms with E-state index in [1.165, 1.54) is 13.4 Å². The number of anilines is 4. The zero-order valence-electron chi connectivity index (χ0n) is 16.6. The first-order valence-corrected chi connectivity index (χ1v) is 9.39. The van der Waals surface area contributed by atoms with E-state index in [2.05, 4.69) is 32.0 Å². The van der Waals surface area contributed by atoms with Crippen LogP contribution < -0.4 is 20.7 Å². The summed E-state index contributed by atoms with van der Waals surface area (Å²) in [6, 6.07) is 21.4. The molecule has 31 heavy (non-hydrogen) atoms. The van der Waals surface area contributed by atoms with Crippen molar-refractivity contribution in [2.75, 3.05) is 23.1 Å². The van der Waals surface area contributed by atoms with Gasteiger partial charge in [-0.15, -0.1) is 0 Å². The third kappa shape index (κ3) is 4.52. The number of methoxy groups -OCH3 is 1. The van der Waals surface area contributed by atoms with Gasteiger partial charge in [0.2, 0.25) is 0 Å². The number of amides is 2. The Morgan fingerprint density at radius 2 is 1.77 bits per heavy atom. The van der Waals surface area contributed by atoms with Crippen LogP contribution in [0.3, 0.4) is 0 Å². The number of para-hydroxylation sites is 1. The standard InChI is InChI=1S/C23H18N6O2/c1-31-21-12-19-18(11-20(21)29-23(30)28-16-7-3-2-4-8-16)22(26-14-25-19)27-17-9-5-6-15(10-17)13-24/h2-12,14H,1H3,(H,25,26,27)(H2,28,29,30). The molecule has 0 saturated heterocycles. The molecule has 0 atom stereocenters. The van der Waals surface area contributed by atoms with Gasteiger partial charge in [0.15, 0.2) is 0 Å². The summed E-state index contributed by atoms with van der Waals surface area (Å²) in [4.78, 5) is 21.1. The van der Waals surface area contributed by atoms with Gasteiger partial charge in [-0.1, -0.05) is 24.3 Å². The van der Waals surface area contributed by atoms with E-state index in [-0.39, 0.29) is 0 Å². The van der Waals surface area contributed by atoms with Crippen LogP contribution in [0.5, 0.6) is 5.75 Å². The highest BCUT2D eigenvalue weighted by Crippen LogP contribution is 2.33. The first-order chi connectivity index (χ1) is 15.2. The number of urea groups is 1. The molecule has 8 nitrogen and oxygen atoms in total. The minimum absolute atomic E-state index is 0.406. The van der Waals surface area contributed by atoms with Crippen LogP contribution in [0.15, 0.2) is 73.1 Å². The van der Waals surface area contributed by atoms with Gasteiger partial charge in [0.1, 0.15) is 17.9 Å². The molecule has 3 aromatic carbocycles. The first-order valence-electron chi connectivity index (χ1n) is 9.39. The third-order valence-electron chi connectivity index (χ3n) is 4.49. The van der Waals surface area contributed by atoms with Crippen LogP contribution in [0.2, 0.25) is 0 Å². The molecule has 0 bridgehead atoms. The number of hydrogen-bond donors (Lipinski definition) is 3. The molecule has 0 radical (unpaired) electrons. The number of ether oxygens (including phenoxy) is 1. The van der Waals surface area contributed by atoms with E-state index in [1.54, 1.807) is 42.5 Å². The van der Waals surface area contributed by atoms with Crippen molar-refractivity contribution in [3.63, 3.8) is 0 Å². The summed E-state index contributed by atoms with van der Waals surface area (Å²) < 4.78 is 5.43. The van der Waals surface area contributed by atoms with Crippen molar-refractivity contribution in [3.05, 3.63) is 78.6 Å². The largest absolute Gasteiger partial charge is 0.494 e. The molecule has 0 aliphatic rings. The highest BCUT2D eigenvalue weighted by Gasteiger charge is 2.13. The molecule has 0 fully saturated rings. The van der Waals surface area contributed by atoms with Crippen LogP contribution in [0.1, 0.15) is 5.56 Å². The van der Waals surface area contributed by atoms with Gasteiger partial charge >= 0.3 is 6.03 Å². The first kappa shape index (κ1) is 19.7. The van der Waals surface area contributed by atoms with E-state index in [9.17, 15) is 4.79 Å². The van der Waals surface area contributed by atoms with E-state index in [1.807, 2.05) is 24.3 Å². The minimum atomic E-state index is -0.406. The van der Waals surface area contributed by atoms with Crippen LogP contribution in [-0.2, 0) is 0 Å². The fourth-order valence-electron chi connectivity index (χ4n) is 3.06. The number of nitrogens with zero attached hydrogens (tertiary/aromatic N) is 3. The molecule has 0 aliphatic carbocycles. The number of fused-ring (bicyclic) bond motifs is 1. The minimum Gasteiger partial charge on any atom is -0.494 e. The topological polar surface area (TPSA) is 112 Å². The van der Waals surface area contributed by atoms with Crippen LogP contribution in [0.25, 0.3) is 10.9 Å². The number of nitriles is 1. The van der Waals surface area contributed by atoms with Crippen LogP contribution in [-0.4, -0.2) is 23.1 Å². The molecule has 4 aromatic rings. The average Bonchev–Trinajstić information content (AvgIpc) is 2.80. The van der Waals surface area contributed by atoms with Gasteiger partial charge < -0.3 is 20.7 Å². The molecule has 1 heterocycles. The number of aromatic nitrogens is 2. The molecular weight excluding hydrogens is 392 g/mol. The van der Waals surface area contributed by atoms with Crippen molar-refractivity contribution in [2.24, 2.45) is 0 Å². The Bertz CT molecular complexity index is 1280. The van der Waals surface area contributed by atoms with Gasteiger partial charge in [0.25, 0.3) is 0 Å². The molecule has 2 amide bonds. The maximum Gasteiger partial charge on any atom is 0.323 e. The van der Waals surface area contributed by atoms with Crippen LogP contribution in [0.4, 0.5) is 27.7 Å². The number of benzene rings is 3. The Morgan fingerprint density at radius 1 is 0.968 bits per heavy atom. The third-order valence-corrected chi connectivity index (χ3v) is 4.49. The van der Waals surface area contributed by atoms with Crippen molar-refractivity contribution in [2.45, 2.75) is 0 Å². The molecule has 0 saturated carbocycles. The fourth-order valence-corrected chi connectivity index (χ4v) is 3.06. The van der Waals surface area contributed by atoms with E-state index < -0.39 is 6.03 Å². The molecule has 152 valence electrons. The quantitative estimate of drug-likeness (QED) is 0.431. The van der Waals surface area contributed by atoms with Gasteiger partial charge in [-0.3, -0.25) is 0 Å². The van der Waals surface area contributed by atoms with E-state index >= 15 is 0 Å². The molecule has 4 rings (SSSR count). The highest BCUT2D eigenvalue weighted by atomic mass is 16.5. The maximum absolute atomic E-state index is 12.5. The summed E-state index contributed by atoms with van der Waals surface area (Å²) in [5.74, 6) is 1.00. The number of carbonyl (C=O) groups is 1. The SMILES string of the molecule is COc1cc2ncnc(Nc3cccc(C#N)c3)c2cc1NC(=O)Nc1ccccc1. The van der Waals surface area contributed by atoms with E-state index in [0.717, 1.165) is 0 Å². The molecule has 8 heteroatoms. The molecule has 0 unspecified atom stereocenters. The normalized spacial score (nSPS) is 10.2. The Morgan fingerprint density at radius 3 is 2.55 bits per heavy atom. The number of nitrogens with one attached hydrogen (secondary N) is 3. The van der Waals surface area contributed by atoms with Crippen molar-refractivity contribution in [1.82, 2.24) is 9.97 Å². The van der Waals surface area contributed by atoms with E-state index in [0.29, 0.717) is 45.1 Å². The lowest BCUT2D eigenvalue weighted by Gasteiger charge is -2.14. The van der Waals surface area contributed by atoms with Gasteiger partial charge in [0, 0.05) is 22.8 Å². The average molecular weight is 410 g/mol. The lowest BCUT2D eigenvalue weighted by Crippen LogP contribution is -2.19. The highest BCUT2D eigenvalue weighted by molar-refractivity contribution is 6.03. The van der Waals surface area contributed by atoms with Crippen molar-refractivity contribution >= 4 is 39.8 Å². The zero-order valence-corrected chi connectivity index (χ0v) is 16.6. The second-order valence-corrected chi connectivity index (χ2v) is 6.55. The Balaban J connectivity index is 1.66. The number of rotatable bonds is 5. The summed E-state index contributed by atoms with van der Waals surface area (Å²) in [5.41, 5.74) is 3.02. The zero-order chi connectivity index (χ0) is 21.6.